The van der Waals surface area contributed by atoms with Crippen LogP contribution in [0.5, 0.6) is 0 Å². The van der Waals surface area contributed by atoms with E-state index in [9.17, 15) is 13.2 Å². The van der Waals surface area contributed by atoms with E-state index in [2.05, 4.69) is 9.97 Å². The first-order chi connectivity index (χ1) is 8.34. The van der Waals surface area contributed by atoms with Crippen molar-refractivity contribution < 1.29 is 8.42 Å². The summed E-state index contributed by atoms with van der Waals surface area (Å²) in [5.74, 6) is 0. The Balaban J connectivity index is 2.88. The Morgan fingerprint density at radius 1 is 1.39 bits per heavy atom. The molecular weight excluding hydrogens is 253 g/mol. The second-order valence-electron chi connectivity index (χ2n) is 4.09. The molecule has 0 aromatic carbocycles. The topological polar surface area (TPSA) is 81.9 Å². The summed E-state index contributed by atoms with van der Waals surface area (Å²) in [7, 11) is -1.30. The highest BCUT2D eigenvalue weighted by Gasteiger charge is 2.14. The Morgan fingerprint density at radius 3 is 2.61 bits per heavy atom. The van der Waals surface area contributed by atoms with Crippen LogP contribution in [0.2, 0.25) is 6.82 Å². The number of pyridine rings is 1. The Kier molecular flexibility index (Phi) is 2.98. The monoisotopic (exact) mass is 265 g/mol. The van der Waals surface area contributed by atoms with E-state index in [1.165, 1.54) is 10.8 Å². The molecule has 8 heteroatoms. The summed E-state index contributed by atoms with van der Waals surface area (Å²) in [6, 6.07) is 1.70. The molecule has 0 atom stereocenters. The van der Waals surface area contributed by atoms with Crippen molar-refractivity contribution in [3.63, 3.8) is 0 Å². The van der Waals surface area contributed by atoms with Gasteiger partial charge in [-0.15, -0.1) is 0 Å². The van der Waals surface area contributed by atoms with Crippen LogP contribution in [-0.2, 0) is 16.9 Å². The minimum Gasteiger partial charge on any atom is -0.296 e. The molecule has 2 rings (SSSR count). The molecule has 0 aliphatic carbocycles. The molecule has 2 aromatic rings. The van der Waals surface area contributed by atoms with Crippen molar-refractivity contribution in [1.82, 2.24) is 14.5 Å². The van der Waals surface area contributed by atoms with Crippen LogP contribution in [0.1, 0.15) is 0 Å². The van der Waals surface area contributed by atoms with E-state index in [0.29, 0.717) is 23.8 Å². The van der Waals surface area contributed by atoms with Crippen LogP contribution in [0, 0.1) is 0 Å². The highest BCUT2D eigenvalue weighted by molar-refractivity contribution is 7.90. The van der Waals surface area contributed by atoms with Crippen LogP contribution < -0.4 is 11.0 Å². The first kappa shape index (κ1) is 12.8. The van der Waals surface area contributed by atoms with Gasteiger partial charge in [0, 0.05) is 24.9 Å². The normalized spacial score (nSPS) is 11.7. The predicted octanol–water partition coefficient (Wildman–Crippen LogP) is -1.16. The van der Waals surface area contributed by atoms with Crippen LogP contribution in [-0.4, -0.2) is 36.5 Å². The van der Waals surface area contributed by atoms with Gasteiger partial charge < -0.3 is 0 Å². The van der Waals surface area contributed by atoms with E-state index in [4.69, 9.17) is 0 Å². The molecule has 0 saturated carbocycles. The molecule has 2 aromatic heterocycles. The number of hydrogen-bond donors (Lipinski definition) is 0. The fraction of sp³-hybridized carbons (Fsp3) is 0.300. The molecule has 94 valence electrons. The van der Waals surface area contributed by atoms with Gasteiger partial charge in [-0.05, 0) is 5.46 Å². The van der Waals surface area contributed by atoms with Crippen molar-refractivity contribution in [2.75, 3.05) is 6.26 Å². The zero-order valence-corrected chi connectivity index (χ0v) is 11.2. The first-order valence-corrected chi connectivity index (χ1v) is 7.29. The van der Waals surface area contributed by atoms with Gasteiger partial charge in [0.15, 0.2) is 7.28 Å². The molecule has 18 heavy (non-hydrogen) atoms. The summed E-state index contributed by atoms with van der Waals surface area (Å²) in [4.78, 5) is 19.7. The van der Waals surface area contributed by atoms with E-state index in [-0.39, 0.29) is 10.7 Å². The molecule has 0 aliphatic rings. The van der Waals surface area contributed by atoms with Crippen molar-refractivity contribution in [3.8, 4) is 0 Å². The minimum absolute atomic E-state index is 0.164. The number of fused-ring (bicyclic) bond motifs is 1. The Bertz CT molecular complexity index is 783. The van der Waals surface area contributed by atoms with Crippen LogP contribution in [0.3, 0.4) is 0 Å². The molecule has 0 saturated heterocycles. The van der Waals surface area contributed by atoms with Crippen LogP contribution in [0.4, 0.5) is 0 Å². The number of aromatic nitrogens is 3. The minimum atomic E-state index is -3.48. The SMILES string of the molecule is CBc1cc2cnc(S(C)(=O)=O)nc2n(C)c1=O. The van der Waals surface area contributed by atoms with Crippen molar-refractivity contribution in [1.29, 1.82) is 0 Å². The average molecular weight is 265 g/mol. The van der Waals surface area contributed by atoms with Crippen LogP contribution in [0.15, 0.2) is 22.2 Å². The maximum atomic E-state index is 11.9. The summed E-state index contributed by atoms with van der Waals surface area (Å²) in [6.45, 7) is 1.88. The second-order valence-corrected chi connectivity index (χ2v) is 6.00. The van der Waals surface area contributed by atoms with Gasteiger partial charge in [0.2, 0.25) is 20.6 Å². The van der Waals surface area contributed by atoms with Gasteiger partial charge in [-0.1, -0.05) is 12.9 Å². The third kappa shape index (κ3) is 2.03. The van der Waals surface area contributed by atoms with Crippen molar-refractivity contribution >= 4 is 33.6 Å². The highest BCUT2D eigenvalue weighted by atomic mass is 32.2. The molecule has 0 amide bonds. The maximum absolute atomic E-state index is 11.9. The molecule has 0 aliphatic heterocycles. The van der Waals surface area contributed by atoms with Gasteiger partial charge in [-0.3, -0.25) is 9.36 Å². The molecule has 0 radical (unpaired) electrons. The molecule has 0 unspecified atom stereocenters. The second kappa shape index (κ2) is 4.20. The Hall–Kier alpha value is -1.70. The largest absolute Gasteiger partial charge is 0.296 e. The lowest BCUT2D eigenvalue weighted by Gasteiger charge is -2.07. The van der Waals surface area contributed by atoms with Crippen LogP contribution in [0.25, 0.3) is 11.0 Å². The molecule has 2 heterocycles. The fourth-order valence-electron chi connectivity index (χ4n) is 1.73. The number of aryl methyl sites for hydroxylation is 1. The molecule has 0 bridgehead atoms. The van der Waals surface area contributed by atoms with Gasteiger partial charge in [0.1, 0.15) is 5.65 Å². The van der Waals surface area contributed by atoms with Crippen molar-refractivity contribution in [2.45, 2.75) is 12.0 Å². The van der Waals surface area contributed by atoms with Crippen molar-refractivity contribution in [2.24, 2.45) is 7.05 Å². The van der Waals surface area contributed by atoms with Crippen molar-refractivity contribution in [3.05, 3.63) is 22.6 Å². The summed E-state index contributed by atoms with van der Waals surface area (Å²) in [6.07, 6.45) is 2.46. The molecule has 0 fully saturated rings. The number of sulfone groups is 1. The fourth-order valence-corrected chi connectivity index (χ4v) is 2.23. The van der Waals surface area contributed by atoms with E-state index in [1.54, 1.807) is 13.1 Å². The smallest absolute Gasteiger partial charge is 0.248 e. The standard InChI is InChI=1S/C10H12BN3O3S/c1-11-7-4-6-5-12-10(18(3,16)17)13-8(6)14(2)9(7)15/h4-5,11H,1-3H3. The summed E-state index contributed by atoms with van der Waals surface area (Å²) >= 11 is 0. The molecular formula is C10H12BN3O3S. The summed E-state index contributed by atoms with van der Waals surface area (Å²) in [5.41, 5.74) is 0.816. The van der Waals surface area contributed by atoms with E-state index in [0.717, 1.165) is 6.26 Å². The van der Waals surface area contributed by atoms with Gasteiger partial charge >= 0.3 is 0 Å². The van der Waals surface area contributed by atoms with Gasteiger partial charge in [0.25, 0.3) is 0 Å². The number of rotatable bonds is 2. The number of hydrogen-bond acceptors (Lipinski definition) is 5. The maximum Gasteiger partial charge on any atom is 0.248 e. The Labute approximate surface area is 105 Å². The lowest BCUT2D eigenvalue weighted by atomic mass is 9.74. The molecule has 0 N–H and O–H groups in total. The lowest BCUT2D eigenvalue weighted by molar-refractivity contribution is 0.593. The molecule has 6 nitrogen and oxygen atoms in total. The van der Waals surface area contributed by atoms with E-state index < -0.39 is 9.84 Å². The third-order valence-corrected chi connectivity index (χ3v) is 3.57. The zero-order chi connectivity index (χ0) is 13.5. The molecule has 0 spiro atoms. The highest BCUT2D eigenvalue weighted by Crippen LogP contribution is 2.09. The Morgan fingerprint density at radius 2 is 2.06 bits per heavy atom. The average Bonchev–Trinajstić information content (AvgIpc) is 2.32. The quantitative estimate of drug-likeness (QED) is 0.505. The number of nitrogens with zero attached hydrogens (tertiary/aromatic N) is 3. The third-order valence-electron chi connectivity index (χ3n) is 2.71. The van der Waals surface area contributed by atoms with Gasteiger partial charge in [0.05, 0.1) is 0 Å². The predicted molar refractivity (Wildman–Crippen MR) is 70.5 cm³/mol. The van der Waals surface area contributed by atoms with Gasteiger partial charge in [-0.25, -0.2) is 13.4 Å². The zero-order valence-electron chi connectivity index (χ0n) is 10.3. The van der Waals surface area contributed by atoms with Gasteiger partial charge in [-0.2, -0.15) is 4.98 Å². The lowest BCUT2D eigenvalue weighted by Crippen LogP contribution is -2.36. The summed E-state index contributed by atoms with van der Waals surface area (Å²) < 4.78 is 24.1. The first-order valence-electron chi connectivity index (χ1n) is 5.40. The van der Waals surface area contributed by atoms with E-state index >= 15 is 0 Å². The van der Waals surface area contributed by atoms with Crippen LogP contribution >= 0.6 is 0 Å². The summed E-state index contributed by atoms with van der Waals surface area (Å²) in [5, 5.41) is 0.385. The van der Waals surface area contributed by atoms with E-state index in [1.807, 2.05) is 6.82 Å².